The van der Waals surface area contributed by atoms with Crippen molar-refractivity contribution in [1.29, 1.82) is 0 Å². The van der Waals surface area contributed by atoms with E-state index < -0.39 is 24.3 Å². The SMILES string of the molecule is COC(=O)N[C@H](C(=O)N1CCC[C@H]1c1ncc(-c2ccc(C#Cc3ccc(-c4cnc([C@@H]5CCCN5C(=O)[C@@H](NC(=O)OC)C(C)C)[nH]4)s3)cc2)[nH]1)C(C)C. The second-order valence-electron chi connectivity index (χ2n) is 14.5. The predicted octanol–water partition coefficient (Wildman–Crippen LogP) is 6.02. The molecule has 2 saturated heterocycles. The van der Waals surface area contributed by atoms with Crippen molar-refractivity contribution in [2.45, 2.75) is 77.5 Å². The van der Waals surface area contributed by atoms with Gasteiger partial charge in [-0.25, -0.2) is 19.6 Å². The van der Waals surface area contributed by atoms with Crippen molar-refractivity contribution in [3.05, 3.63) is 70.9 Å². The molecular weight excluding hydrogens is 721 g/mol. The lowest BCUT2D eigenvalue weighted by atomic mass is 10.0. The van der Waals surface area contributed by atoms with E-state index in [1.807, 2.05) is 64.1 Å². The van der Waals surface area contributed by atoms with Crippen LogP contribution in [0.15, 0.2) is 48.8 Å². The van der Waals surface area contributed by atoms with Crippen LogP contribution < -0.4 is 10.6 Å². The Balaban J connectivity index is 1.09. The molecule has 4 amide bonds. The zero-order chi connectivity index (χ0) is 39.2. The minimum absolute atomic E-state index is 0.107. The minimum Gasteiger partial charge on any atom is -0.453 e. The first-order valence-corrected chi connectivity index (χ1v) is 19.4. The van der Waals surface area contributed by atoms with E-state index >= 15 is 0 Å². The highest BCUT2D eigenvalue weighted by molar-refractivity contribution is 7.16. The fourth-order valence-corrected chi connectivity index (χ4v) is 7.91. The zero-order valence-electron chi connectivity index (χ0n) is 32.0. The molecule has 2 aliphatic heterocycles. The molecule has 290 valence electrons. The van der Waals surface area contributed by atoms with E-state index in [0.29, 0.717) is 24.7 Å². The van der Waals surface area contributed by atoms with Gasteiger partial charge in [0.25, 0.3) is 0 Å². The molecule has 0 bridgehead atoms. The number of hydrogen-bond donors (Lipinski definition) is 4. The van der Waals surface area contributed by atoms with Gasteiger partial charge in [-0.3, -0.25) is 9.59 Å². The van der Waals surface area contributed by atoms with Crippen molar-refractivity contribution in [3.8, 4) is 33.7 Å². The number of rotatable bonds is 10. The van der Waals surface area contributed by atoms with E-state index in [9.17, 15) is 19.2 Å². The number of carbonyl (C=O) groups is 4. The van der Waals surface area contributed by atoms with Crippen LogP contribution in [0.1, 0.15) is 87.6 Å². The third kappa shape index (κ3) is 8.86. The highest BCUT2D eigenvalue weighted by atomic mass is 32.1. The van der Waals surface area contributed by atoms with Crippen LogP contribution in [0.25, 0.3) is 21.8 Å². The van der Waals surface area contributed by atoms with Crippen molar-refractivity contribution >= 4 is 35.3 Å². The van der Waals surface area contributed by atoms with Crippen molar-refractivity contribution < 1.29 is 28.7 Å². The lowest BCUT2D eigenvalue weighted by molar-refractivity contribution is -0.136. The quantitative estimate of drug-likeness (QED) is 0.142. The smallest absolute Gasteiger partial charge is 0.407 e. The monoisotopic (exact) mass is 768 g/mol. The summed E-state index contributed by atoms with van der Waals surface area (Å²) >= 11 is 1.56. The van der Waals surface area contributed by atoms with Crippen LogP contribution in [0.2, 0.25) is 0 Å². The number of imidazole rings is 2. The predicted molar refractivity (Wildman–Crippen MR) is 208 cm³/mol. The van der Waals surface area contributed by atoms with Crippen LogP contribution in [0.4, 0.5) is 9.59 Å². The van der Waals surface area contributed by atoms with Gasteiger partial charge in [0.2, 0.25) is 11.8 Å². The molecule has 55 heavy (non-hydrogen) atoms. The standard InChI is InChI=1S/C40H48N8O6S/c1-23(2)33(45-39(51)53-5)37(49)47-19-7-9-30(47)35-41-21-28(43-35)26-14-11-25(12-15-26)13-16-27-17-18-32(55-27)29-22-42-36(44-29)31-10-8-20-48(31)38(50)34(24(3)4)46-40(52)54-6/h11-12,14-15,17-18,21-24,30-31,33-34H,7-10,19-20H2,1-6H3,(H,41,43)(H,42,44)(H,45,51)(H,46,52)/t30-,31-,33-,34-/m0/s1. The maximum atomic E-state index is 13.5. The van der Waals surface area contributed by atoms with Gasteiger partial charge in [0.15, 0.2) is 0 Å². The number of hydrogen-bond acceptors (Lipinski definition) is 9. The third-order valence-corrected chi connectivity index (χ3v) is 11.1. The summed E-state index contributed by atoms with van der Waals surface area (Å²) < 4.78 is 9.49. The van der Waals surface area contributed by atoms with Gasteiger partial charge in [-0.15, -0.1) is 11.3 Å². The normalized spacial score (nSPS) is 17.8. The van der Waals surface area contributed by atoms with Gasteiger partial charge >= 0.3 is 12.2 Å². The molecule has 0 saturated carbocycles. The average Bonchev–Trinajstić information content (AvgIpc) is 4.03. The van der Waals surface area contributed by atoms with Gasteiger partial charge in [0.1, 0.15) is 23.7 Å². The molecule has 14 nitrogen and oxygen atoms in total. The van der Waals surface area contributed by atoms with Gasteiger partial charge in [-0.1, -0.05) is 51.7 Å². The Morgan fingerprint density at radius 1 is 0.745 bits per heavy atom. The Labute approximate surface area is 324 Å². The molecule has 15 heteroatoms. The zero-order valence-corrected chi connectivity index (χ0v) is 32.8. The first-order chi connectivity index (χ1) is 26.5. The number of H-pyrrole nitrogens is 2. The Kier molecular flexibility index (Phi) is 12.2. The van der Waals surface area contributed by atoms with Crippen LogP contribution in [-0.4, -0.2) is 93.1 Å². The number of carbonyl (C=O) groups excluding carboxylic acids is 4. The molecule has 4 atom stereocenters. The maximum Gasteiger partial charge on any atom is 0.407 e. The van der Waals surface area contributed by atoms with Gasteiger partial charge in [-0.05, 0) is 67.3 Å². The highest BCUT2D eigenvalue weighted by Gasteiger charge is 2.39. The number of ether oxygens (including phenoxy) is 2. The number of aromatic nitrogens is 4. The fourth-order valence-electron chi connectivity index (χ4n) is 7.09. The third-order valence-electron chi connectivity index (χ3n) is 10.1. The number of amides is 4. The molecule has 0 spiro atoms. The molecule has 0 unspecified atom stereocenters. The summed E-state index contributed by atoms with van der Waals surface area (Å²) in [5, 5.41) is 5.37. The van der Waals surface area contributed by atoms with Crippen molar-refractivity contribution in [1.82, 2.24) is 40.4 Å². The summed E-state index contributed by atoms with van der Waals surface area (Å²) in [4.78, 5) is 72.5. The topological polar surface area (TPSA) is 175 Å². The molecule has 1 aromatic carbocycles. The summed E-state index contributed by atoms with van der Waals surface area (Å²) in [6.07, 6.45) is 5.56. The second kappa shape index (κ2) is 17.2. The Bertz CT molecular complexity index is 2060. The highest BCUT2D eigenvalue weighted by Crippen LogP contribution is 2.35. The summed E-state index contributed by atoms with van der Waals surface area (Å²) in [6, 6.07) is 10.1. The van der Waals surface area contributed by atoms with Crippen LogP contribution in [0, 0.1) is 23.7 Å². The summed E-state index contributed by atoms with van der Waals surface area (Å²) in [5.74, 6) is 7.45. The summed E-state index contributed by atoms with van der Waals surface area (Å²) in [5.41, 5.74) is 3.50. The largest absolute Gasteiger partial charge is 0.453 e. The average molecular weight is 769 g/mol. The molecular formula is C40H48N8O6S. The van der Waals surface area contributed by atoms with E-state index in [4.69, 9.17) is 9.47 Å². The number of likely N-dealkylation sites (tertiary alicyclic amines) is 2. The van der Waals surface area contributed by atoms with Crippen molar-refractivity contribution in [2.24, 2.45) is 11.8 Å². The summed E-state index contributed by atoms with van der Waals surface area (Å²) in [7, 11) is 2.57. The van der Waals surface area contributed by atoms with Crippen LogP contribution in [0.5, 0.6) is 0 Å². The van der Waals surface area contributed by atoms with Crippen LogP contribution in [0.3, 0.4) is 0 Å². The lowest BCUT2D eigenvalue weighted by Gasteiger charge is -2.30. The molecule has 3 aromatic heterocycles. The van der Waals surface area contributed by atoms with E-state index in [2.05, 4.69) is 42.4 Å². The Morgan fingerprint density at radius 2 is 1.25 bits per heavy atom. The number of nitrogens with zero attached hydrogens (tertiary/aromatic N) is 4. The van der Waals surface area contributed by atoms with Crippen molar-refractivity contribution in [2.75, 3.05) is 27.3 Å². The van der Waals surface area contributed by atoms with Crippen molar-refractivity contribution in [3.63, 3.8) is 0 Å². The first kappa shape index (κ1) is 39.1. The molecule has 2 fully saturated rings. The summed E-state index contributed by atoms with van der Waals surface area (Å²) in [6.45, 7) is 8.76. The van der Waals surface area contributed by atoms with E-state index in [0.717, 1.165) is 58.0 Å². The molecule has 4 aromatic rings. The van der Waals surface area contributed by atoms with E-state index in [1.165, 1.54) is 14.2 Å². The Morgan fingerprint density at radius 3 is 1.76 bits per heavy atom. The number of nitrogens with one attached hydrogen (secondary N) is 4. The molecule has 2 aliphatic rings. The number of alkyl carbamates (subject to hydrolysis) is 2. The van der Waals surface area contributed by atoms with Gasteiger partial charge in [0.05, 0.1) is 59.8 Å². The Hall–Kier alpha value is -5.62. The van der Waals surface area contributed by atoms with Gasteiger partial charge in [-0.2, -0.15) is 0 Å². The van der Waals surface area contributed by atoms with Crippen LogP contribution >= 0.6 is 11.3 Å². The van der Waals surface area contributed by atoms with E-state index in [1.54, 1.807) is 33.5 Å². The number of aromatic amines is 2. The lowest BCUT2D eigenvalue weighted by Crippen LogP contribution is -2.51. The molecule has 5 heterocycles. The number of thiophene rings is 1. The fraction of sp³-hybridized carbons (Fsp3) is 0.450. The number of benzene rings is 1. The minimum atomic E-state index is -0.690. The van der Waals surface area contributed by atoms with Gasteiger partial charge in [0, 0.05) is 18.7 Å². The number of methoxy groups -OCH3 is 2. The molecule has 6 rings (SSSR count). The van der Waals surface area contributed by atoms with Crippen LogP contribution in [-0.2, 0) is 19.1 Å². The van der Waals surface area contributed by atoms with Gasteiger partial charge < -0.3 is 39.9 Å². The molecule has 4 N–H and O–H groups in total. The first-order valence-electron chi connectivity index (χ1n) is 18.6. The maximum absolute atomic E-state index is 13.5. The second-order valence-corrected chi connectivity index (χ2v) is 15.5. The van der Waals surface area contributed by atoms with E-state index in [-0.39, 0.29) is 35.7 Å². The molecule has 0 radical (unpaired) electrons. The molecule has 0 aliphatic carbocycles.